The molecule has 0 aromatic heterocycles. The molecule has 4 nitrogen and oxygen atoms in total. The van der Waals surface area contributed by atoms with Crippen molar-refractivity contribution in [3.8, 4) is 0 Å². The van der Waals surface area contributed by atoms with Crippen molar-refractivity contribution in [3.63, 3.8) is 0 Å². The van der Waals surface area contributed by atoms with Gasteiger partial charge in [0, 0.05) is 13.1 Å². The first kappa shape index (κ1) is 14.0. The summed E-state index contributed by atoms with van der Waals surface area (Å²) in [7, 11) is 1.47. The van der Waals surface area contributed by atoms with Crippen molar-refractivity contribution in [2.75, 3.05) is 7.05 Å². The van der Waals surface area contributed by atoms with Gasteiger partial charge in [0.1, 0.15) is 0 Å². The number of amides is 2. The van der Waals surface area contributed by atoms with Crippen molar-refractivity contribution in [2.24, 2.45) is 11.3 Å². The molecule has 0 aromatic rings. The highest BCUT2D eigenvalue weighted by Crippen LogP contribution is 2.37. The zero-order valence-electron chi connectivity index (χ0n) is 11.3. The Labute approximate surface area is 104 Å². The van der Waals surface area contributed by atoms with Gasteiger partial charge >= 0.3 is 11.8 Å². The zero-order valence-corrected chi connectivity index (χ0v) is 11.3. The second-order valence-electron chi connectivity index (χ2n) is 5.97. The third kappa shape index (κ3) is 4.02. The molecule has 0 heterocycles. The third-order valence-electron chi connectivity index (χ3n) is 3.72. The van der Waals surface area contributed by atoms with E-state index in [1.807, 2.05) is 0 Å². The van der Waals surface area contributed by atoms with E-state index in [-0.39, 0.29) is 6.04 Å². The van der Waals surface area contributed by atoms with Gasteiger partial charge < -0.3 is 10.6 Å². The molecule has 2 N–H and O–H groups in total. The lowest BCUT2D eigenvalue weighted by molar-refractivity contribution is -0.139. The van der Waals surface area contributed by atoms with Crippen molar-refractivity contribution >= 4 is 11.8 Å². The monoisotopic (exact) mass is 240 g/mol. The Balaban J connectivity index is 2.38. The molecule has 0 unspecified atom stereocenters. The molecular weight excluding hydrogens is 216 g/mol. The molecule has 0 radical (unpaired) electrons. The maximum absolute atomic E-state index is 11.4. The molecule has 0 spiro atoms. The Kier molecular flexibility index (Phi) is 4.54. The van der Waals surface area contributed by atoms with Gasteiger partial charge in [0.15, 0.2) is 0 Å². The summed E-state index contributed by atoms with van der Waals surface area (Å²) in [6, 6.07) is 0.165. The first-order valence-electron chi connectivity index (χ1n) is 6.37. The SMILES string of the molecule is CNC(=O)C(=O)NC1CCC(C(C)(C)C)CC1. The van der Waals surface area contributed by atoms with Crippen LogP contribution in [0.1, 0.15) is 46.5 Å². The molecule has 0 aromatic carbocycles. The highest BCUT2D eigenvalue weighted by atomic mass is 16.2. The van der Waals surface area contributed by atoms with Gasteiger partial charge in [-0.3, -0.25) is 9.59 Å². The van der Waals surface area contributed by atoms with Crippen molar-refractivity contribution in [3.05, 3.63) is 0 Å². The summed E-state index contributed by atoms with van der Waals surface area (Å²) >= 11 is 0. The molecule has 2 amide bonds. The number of hydrogen-bond donors (Lipinski definition) is 2. The Morgan fingerprint density at radius 2 is 1.53 bits per heavy atom. The van der Waals surface area contributed by atoms with E-state index in [0.717, 1.165) is 31.6 Å². The first-order chi connectivity index (χ1) is 7.84. The van der Waals surface area contributed by atoms with Crippen LogP contribution in [0.3, 0.4) is 0 Å². The molecule has 1 saturated carbocycles. The summed E-state index contributed by atoms with van der Waals surface area (Å²) in [6.07, 6.45) is 4.21. The summed E-state index contributed by atoms with van der Waals surface area (Å²) in [4.78, 5) is 22.5. The third-order valence-corrected chi connectivity index (χ3v) is 3.72. The molecule has 1 aliphatic carbocycles. The minimum atomic E-state index is -0.553. The molecule has 0 atom stereocenters. The summed E-state index contributed by atoms with van der Waals surface area (Å²) in [6.45, 7) is 6.79. The van der Waals surface area contributed by atoms with Gasteiger partial charge in [-0.2, -0.15) is 0 Å². The van der Waals surface area contributed by atoms with Gasteiger partial charge in [-0.1, -0.05) is 20.8 Å². The van der Waals surface area contributed by atoms with Crippen LogP contribution in [0.15, 0.2) is 0 Å². The number of carbonyl (C=O) groups is 2. The van der Waals surface area contributed by atoms with Gasteiger partial charge in [-0.05, 0) is 37.0 Å². The Morgan fingerprint density at radius 3 is 1.94 bits per heavy atom. The smallest absolute Gasteiger partial charge is 0.309 e. The van der Waals surface area contributed by atoms with E-state index in [2.05, 4.69) is 31.4 Å². The van der Waals surface area contributed by atoms with Crippen LogP contribution in [-0.4, -0.2) is 24.9 Å². The molecule has 0 aliphatic heterocycles. The molecule has 0 bridgehead atoms. The van der Waals surface area contributed by atoms with Crippen LogP contribution in [0.5, 0.6) is 0 Å². The van der Waals surface area contributed by atoms with Crippen LogP contribution >= 0.6 is 0 Å². The van der Waals surface area contributed by atoms with Crippen LogP contribution in [0.25, 0.3) is 0 Å². The minimum absolute atomic E-state index is 0.165. The first-order valence-corrected chi connectivity index (χ1v) is 6.37. The lowest BCUT2D eigenvalue weighted by Crippen LogP contribution is -2.45. The molecule has 4 heteroatoms. The normalized spacial score (nSPS) is 25.2. The predicted octanol–water partition coefficient (Wildman–Crippen LogP) is 1.45. The summed E-state index contributed by atoms with van der Waals surface area (Å²) < 4.78 is 0. The Bertz CT molecular complexity index is 286. The molecule has 98 valence electrons. The Hall–Kier alpha value is -1.06. The van der Waals surface area contributed by atoms with E-state index in [9.17, 15) is 9.59 Å². The van der Waals surface area contributed by atoms with E-state index in [1.165, 1.54) is 7.05 Å². The lowest BCUT2D eigenvalue weighted by atomic mass is 9.71. The molecule has 0 saturated heterocycles. The van der Waals surface area contributed by atoms with Crippen molar-refractivity contribution in [1.29, 1.82) is 0 Å². The quantitative estimate of drug-likeness (QED) is 0.682. The number of likely N-dealkylation sites (N-methyl/N-ethyl adjacent to an activating group) is 1. The molecule has 17 heavy (non-hydrogen) atoms. The number of hydrogen-bond acceptors (Lipinski definition) is 2. The van der Waals surface area contributed by atoms with Crippen molar-refractivity contribution in [2.45, 2.75) is 52.5 Å². The topological polar surface area (TPSA) is 58.2 Å². The molecule has 1 fully saturated rings. The number of rotatable bonds is 1. The highest BCUT2D eigenvalue weighted by molar-refractivity contribution is 6.35. The lowest BCUT2D eigenvalue weighted by Gasteiger charge is -2.37. The van der Waals surface area contributed by atoms with Gasteiger partial charge in [-0.25, -0.2) is 0 Å². The standard InChI is InChI=1S/C13H24N2O2/c1-13(2,3)9-5-7-10(8-6-9)15-12(17)11(16)14-4/h9-10H,5-8H2,1-4H3,(H,14,16)(H,15,17). The highest BCUT2D eigenvalue weighted by Gasteiger charge is 2.30. The van der Waals surface area contributed by atoms with Crippen LogP contribution in [0.2, 0.25) is 0 Å². The van der Waals surface area contributed by atoms with Crippen LogP contribution in [0.4, 0.5) is 0 Å². The second-order valence-corrected chi connectivity index (χ2v) is 5.97. The summed E-state index contributed by atoms with van der Waals surface area (Å²) in [5, 5.41) is 5.13. The number of carbonyl (C=O) groups excluding carboxylic acids is 2. The summed E-state index contributed by atoms with van der Waals surface area (Å²) in [5.74, 6) is -0.342. The maximum Gasteiger partial charge on any atom is 0.309 e. The van der Waals surface area contributed by atoms with Crippen molar-refractivity contribution in [1.82, 2.24) is 10.6 Å². The minimum Gasteiger partial charge on any atom is -0.351 e. The van der Waals surface area contributed by atoms with E-state index in [1.54, 1.807) is 0 Å². The van der Waals surface area contributed by atoms with E-state index in [0.29, 0.717) is 5.41 Å². The van der Waals surface area contributed by atoms with Crippen molar-refractivity contribution < 1.29 is 9.59 Å². The van der Waals surface area contributed by atoms with Crippen LogP contribution < -0.4 is 10.6 Å². The van der Waals surface area contributed by atoms with Gasteiger partial charge in [0.2, 0.25) is 0 Å². The second kappa shape index (κ2) is 5.52. The summed E-state index contributed by atoms with van der Waals surface area (Å²) in [5.41, 5.74) is 0.343. The molecule has 1 rings (SSSR count). The Morgan fingerprint density at radius 1 is 1.00 bits per heavy atom. The number of nitrogens with one attached hydrogen (secondary N) is 2. The average molecular weight is 240 g/mol. The van der Waals surface area contributed by atoms with E-state index >= 15 is 0 Å². The van der Waals surface area contributed by atoms with Crippen LogP contribution in [-0.2, 0) is 9.59 Å². The molecule has 1 aliphatic rings. The van der Waals surface area contributed by atoms with E-state index < -0.39 is 11.8 Å². The average Bonchev–Trinajstić information content (AvgIpc) is 2.27. The maximum atomic E-state index is 11.4. The van der Waals surface area contributed by atoms with E-state index in [4.69, 9.17) is 0 Å². The molecular formula is C13H24N2O2. The fourth-order valence-electron chi connectivity index (χ4n) is 2.47. The van der Waals surface area contributed by atoms with Gasteiger partial charge in [0.25, 0.3) is 0 Å². The van der Waals surface area contributed by atoms with Gasteiger partial charge in [-0.15, -0.1) is 0 Å². The fraction of sp³-hybridized carbons (Fsp3) is 0.846. The predicted molar refractivity (Wildman–Crippen MR) is 67.4 cm³/mol. The zero-order chi connectivity index (χ0) is 13.1. The largest absolute Gasteiger partial charge is 0.351 e. The fourth-order valence-corrected chi connectivity index (χ4v) is 2.47. The van der Waals surface area contributed by atoms with Crippen LogP contribution in [0, 0.1) is 11.3 Å². The van der Waals surface area contributed by atoms with Gasteiger partial charge in [0.05, 0.1) is 0 Å².